The molecule has 7 nitrogen and oxygen atoms in total. The zero-order valence-electron chi connectivity index (χ0n) is 18.6. The van der Waals surface area contributed by atoms with E-state index in [1.807, 2.05) is 48.5 Å². The molecule has 5 rings (SSSR count). The summed E-state index contributed by atoms with van der Waals surface area (Å²) in [5.74, 6) is 1.19. The standard InChI is InChI=1S/C26H27N3O4/c1-2-3-12-31-13-6-11-27-26(30)21-15-19-18-7-4-5-8-20(18)28-25(19)24(29-21)17-9-10-22-23(14-17)33-16-32-22/h4-5,7-10,14-15,28H,2-3,6,11-13,16H2,1H3,(H,27,30). The van der Waals surface area contributed by atoms with Crippen LogP contribution in [0.1, 0.15) is 36.7 Å². The third-order valence-electron chi connectivity index (χ3n) is 5.77. The predicted octanol–water partition coefficient (Wildman–Crippen LogP) is 5.05. The molecule has 0 bridgehead atoms. The predicted molar refractivity (Wildman–Crippen MR) is 128 cm³/mol. The van der Waals surface area contributed by atoms with Gasteiger partial charge in [-0.05, 0) is 43.2 Å². The van der Waals surface area contributed by atoms with E-state index in [0.717, 1.165) is 53.2 Å². The van der Waals surface area contributed by atoms with E-state index in [2.05, 4.69) is 17.2 Å². The van der Waals surface area contributed by atoms with Gasteiger partial charge in [0.25, 0.3) is 5.91 Å². The Labute approximate surface area is 192 Å². The average molecular weight is 446 g/mol. The first-order chi connectivity index (χ1) is 16.2. The van der Waals surface area contributed by atoms with Gasteiger partial charge in [-0.1, -0.05) is 31.5 Å². The second kappa shape index (κ2) is 9.50. The van der Waals surface area contributed by atoms with Crippen LogP contribution in [0.2, 0.25) is 0 Å². The highest BCUT2D eigenvalue weighted by molar-refractivity contribution is 6.13. The van der Waals surface area contributed by atoms with Gasteiger partial charge in [-0.2, -0.15) is 0 Å². The van der Waals surface area contributed by atoms with Gasteiger partial charge in [-0.3, -0.25) is 4.79 Å². The molecule has 3 heterocycles. The Bertz CT molecular complexity index is 1300. The molecule has 1 aliphatic heterocycles. The van der Waals surface area contributed by atoms with E-state index >= 15 is 0 Å². The molecule has 0 spiro atoms. The second-order valence-electron chi connectivity index (χ2n) is 8.09. The van der Waals surface area contributed by atoms with Crippen LogP contribution in [0.15, 0.2) is 48.5 Å². The SMILES string of the molecule is CCCCOCCCNC(=O)c1cc2c([nH]c3ccccc32)c(-c2ccc3c(c2)OCO3)n1. The molecule has 33 heavy (non-hydrogen) atoms. The molecule has 7 heteroatoms. The highest BCUT2D eigenvalue weighted by atomic mass is 16.7. The molecule has 0 unspecified atom stereocenters. The number of carbonyl (C=O) groups excluding carboxylic acids is 1. The summed E-state index contributed by atoms with van der Waals surface area (Å²) in [6, 6.07) is 15.6. The lowest BCUT2D eigenvalue weighted by atomic mass is 10.1. The number of para-hydroxylation sites is 1. The summed E-state index contributed by atoms with van der Waals surface area (Å²) >= 11 is 0. The number of pyridine rings is 1. The molecule has 0 saturated carbocycles. The number of hydrogen-bond donors (Lipinski definition) is 2. The fourth-order valence-electron chi connectivity index (χ4n) is 4.03. The molecule has 0 atom stereocenters. The van der Waals surface area contributed by atoms with Gasteiger partial charge in [0.1, 0.15) is 5.69 Å². The maximum atomic E-state index is 13.0. The average Bonchev–Trinajstić information content (AvgIpc) is 3.46. The van der Waals surface area contributed by atoms with Gasteiger partial charge >= 0.3 is 0 Å². The number of fused-ring (bicyclic) bond motifs is 4. The number of hydrogen-bond acceptors (Lipinski definition) is 5. The lowest BCUT2D eigenvalue weighted by Crippen LogP contribution is -2.26. The first-order valence-electron chi connectivity index (χ1n) is 11.4. The molecular formula is C26H27N3O4. The molecule has 170 valence electrons. The van der Waals surface area contributed by atoms with Crippen molar-refractivity contribution in [2.75, 3.05) is 26.6 Å². The van der Waals surface area contributed by atoms with Crippen LogP contribution in [-0.4, -0.2) is 42.4 Å². The summed E-state index contributed by atoms with van der Waals surface area (Å²) in [4.78, 5) is 21.2. The van der Waals surface area contributed by atoms with Crippen LogP contribution in [0.25, 0.3) is 33.1 Å². The first-order valence-corrected chi connectivity index (χ1v) is 11.4. The maximum Gasteiger partial charge on any atom is 0.269 e. The number of H-pyrrole nitrogens is 1. The number of amides is 1. The third kappa shape index (κ3) is 4.36. The van der Waals surface area contributed by atoms with Crippen molar-refractivity contribution in [2.45, 2.75) is 26.2 Å². The fourth-order valence-corrected chi connectivity index (χ4v) is 4.03. The Morgan fingerprint density at radius 3 is 2.82 bits per heavy atom. The summed E-state index contributed by atoms with van der Waals surface area (Å²) in [6.45, 7) is 4.29. The Balaban J connectivity index is 1.45. The van der Waals surface area contributed by atoms with Crippen LogP contribution in [0.3, 0.4) is 0 Å². The highest BCUT2D eigenvalue weighted by Crippen LogP contribution is 2.38. The smallest absolute Gasteiger partial charge is 0.269 e. The zero-order chi connectivity index (χ0) is 22.6. The zero-order valence-corrected chi connectivity index (χ0v) is 18.6. The number of nitrogens with zero attached hydrogens (tertiary/aromatic N) is 1. The van der Waals surface area contributed by atoms with E-state index in [-0.39, 0.29) is 12.7 Å². The van der Waals surface area contributed by atoms with Crippen molar-refractivity contribution in [3.63, 3.8) is 0 Å². The van der Waals surface area contributed by atoms with Gasteiger partial charge in [-0.15, -0.1) is 0 Å². The van der Waals surface area contributed by atoms with Crippen LogP contribution in [0.4, 0.5) is 0 Å². The molecule has 4 aromatic rings. The quantitative estimate of drug-likeness (QED) is 0.352. The van der Waals surface area contributed by atoms with Crippen LogP contribution in [-0.2, 0) is 4.74 Å². The summed E-state index contributed by atoms with van der Waals surface area (Å²) < 4.78 is 16.6. The summed E-state index contributed by atoms with van der Waals surface area (Å²) in [6.07, 6.45) is 2.94. The number of aromatic nitrogens is 2. The van der Waals surface area contributed by atoms with Crippen LogP contribution in [0, 0.1) is 0 Å². The van der Waals surface area contributed by atoms with Crippen molar-refractivity contribution >= 4 is 27.7 Å². The fraction of sp³-hybridized carbons (Fsp3) is 0.308. The van der Waals surface area contributed by atoms with Crippen molar-refractivity contribution in [3.05, 3.63) is 54.2 Å². The van der Waals surface area contributed by atoms with E-state index in [0.29, 0.717) is 36.0 Å². The van der Waals surface area contributed by atoms with E-state index in [4.69, 9.17) is 19.2 Å². The number of ether oxygens (including phenoxy) is 3. The molecule has 1 amide bonds. The molecule has 0 radical (unpaired) electrons. The van der Waals surface area contributed by atoms with E-state index in [1.165, 1.54) is 0 Å². The number of unbranched alkanes of at least 4 members (excludes halogenated alkanes) is 1. The summed E-state index contributed by atoms with van der Waals surface area (Å²) in [5.41, 5.74) is 3.82. The van der Waals surface area contributed by atoms with E-state index in [9.17, 15) is 4.79 Å². The molecule has 0 aliphatic carbocycles. The van der Waals surface area contributed by atoms with E-state index < -0.39 is 0 Å². The molecule has 2 aromatic carbocycles. The van der Waals surface area contributed by atoms with Crippen LogP contribution < -0.4 is 14.8 Å². The number of nitrogens with one attached hydrogen (secondary N) is 2. The normalized spacial score (nSPS) is 12.5. The number of aromatic amines is 1. The summed E-state index contributed by atoms with van der Waals surface area (Å²) in [5, 5.41) is 4.99. The van der Waals surface area contributed by atoms with Crippen molar-refractivity contribution in [1.29, 1.82) is 0 Å². The van der Waals surface area contributed by atoms with Gasteiger partial charge < -0.3 is 24.5 Å². The van der Waals surface area contributed by atoms with Crippen molar-refractivity contribution in [2.24, 2.45) is 0 Å². The Hall–Kier alpha value is -3.58. The Morgan fingerprint density at radius 2 is 1.91 bits per heavy atom. The van der Waals surface area contributed by atoms with Gasteiger partial charge in [0.15, 0.2) is 11.5 Å². The maximum absolute atomic E-state index is 13.0. The molecule has 0 fully saturated rings. The van der Waals surface area contributed by atoms with Crippen LogP contribution in [0.5, 0.6) is 11.5 Å². The van der Waals surface area contributed by atoms with E-state index in [1.54, 1.807) is 0 Å². The minimum absolute atomic E-state index is 0.197. The number of carbonyl (C=O) groups is 1. The van der Waals surface area contributed by atoms with Crippen LogP contribution >= 0.6 is 0 Å². The molecule has 2 aromatic heterocycles. The third-order valence-corrected chi connectivity index (χ3v) is 5.77. The minimum Gasteiger partial charge on any atom is -0.454 e. The topological polar surface area (TPSA) is 85.5 Å². The monoisotopic (exact) mass is 445 g/mol. The number of benzene rings is 2. The molecule has 2 N–H and O–H groups in total. The first kappa shape index (κ1) is 21.3. The lowest BCUT2D eigenvalue weighted by Gasteiger charge is -2.09. The largest absolute Gasteiger partial charge is 0.454 e. The Morgan fingerprint density at radius 1 is 1.06 bits per heavy atom. The van der Waals surface area contributed by atoms with Gasteiger partial charge in [0, 0.05) is 41.6 Å². The lowest BCUT2D eigenvalue weighted by molar-refractivity contribution is 0.0936. The van der Waals surface area contributed by atoms with Crippen molar-refractivity contribution in [3.8, 4) is 22.8 Å². The van der Waals surface area contributed by atoms with Crippen molar-refractivity contribution in [1.82, 2.24) is 15.3 Å². The minimum atomic E-state index is -0.197. The molecular weight excluding hydrogens is 418 g/mol. The summed E-state index contributed by atoms with van der Waals surface area (Å²) in [7, 11) is 0. The second-order valence-corrected chi connectivity index (χ2v) is 8.09. The van der Waals surface area contributed by atoms with Crippen molar-refractivity contribution < 1.29 is 19.0 Å². The van der Waals surface area contributed by atoms with Gasteiger partial charge in [-0.25, -0.2) is 4.98 Å². The Kier molecular flexibility index (Phi) is 6.13. The van der Waals surface area contributed by atoms with Gasteiger partial charge in [0.2, 0.25) is 6.79 Å². The van der Waals surface area contributed by atoms with Gasteiger partial charge in [0.05, 0.1) is 11.2 Å². The molecule has 1 aliphatic rings. The highest BCUT2D eigenvalue weighted by Gasteiger charge is 2.20. The molecule has 0 saturated heterocycles. The number of rotatable bonds is 9.